The van der Waals surface area contributed by atoms with Gasteiger partial charge in [-0.2, -0.15) is 0 Å². The monoisotopic (exact) mass is 748 g/mol. The molecule has 1 aliphatic rings. The van der Waals surface area contributed by atoms with E-state index in [2.05, 4.69) is 4.99 Å². The summed E-state index contributed by atoms with van der Waals surface area (Å²) in [6, 6.07) is 14.8. The summed E-state index contributed by atoms with van der Waals surface area (Å²) in [5.41, 5.74) is 2.81. The summed E-state index contributed by atoms with van der Waals surface area (Å²) < 4.78 is 35.9. The van der Waals surface area contributed by atoms with Crippen LogP contribution in [0, 0.1) is 0 Å². The summed E-state index contributed by atoms with van der Waals surface area (Å²) >= 11 is 7.95. The number of aromatic nitrogens is 1. The summed E-state index contributed by atoms with van der Waals surface area (Å²) in [6.07, 6.45) is 1.61. The maximum atomic E-state index is 14.3. The van der Waals surface area contributed by atoms with Crippen molar-refractivity contribution in [2.45, 2.75) is 60.3 Å². The molecule has 0 unspecified atom stereocenters. The van der Waals surface area contributed by atoms with Crippen LogP contribution >= 0.6 is 22.9 Å². The zero-order valence-corrected chi connectivity index (χ0v) is 31.7. The van der Waals surface area contributed by atoms with Crippen LogP contribution in [0.1, 0.15) is 74.6 Å². The maximum absolute atomic E-state index is 14.3. The highest BCUT2D eigenvalue weighted by Crippen LogP contribution is 2.38. The largest absolute Gasteiger partial charge is 0.493 e. The molecule has 52 heavy (non-hydrogen) atoms. The lowest BCUT2D eigenvalue weighted by Crippen LogP contribution is -2.40. The fourth-order valence-corrected chi connectivity index (χ4v) is 6.97. The van der Waals surface area contributed by atoms with Crippen molar-refractivity contribution in [3.8, 4) is 23.0 Å². The van der Waals surface area contributed by atoms with Crippen molar-refractivity contribution in [2.24, 2.45) is 4.99 Å². The molecule has 11 nitrogen and oxygen atoms in total. The van der Waals surface area contributed by atoms with E-state index in [9.17, 15) is 14.4 Å². The highest BCUT2D eigenvalue weighted by molar-refractivity contribution is 7.07. The van der Waals surface area contributed by atoms with Gasteiger partial charge in [-0.05, 0) is 101 Å². The number of hydrogen-bond acceptors (Lipinski definition) is 11. The van der Waals surface area contributed by atoms with Crippen molar-refractivity contribution in [1.82, 2.24) is 4.57 Å². The molecule has 274 valence electrons. The molecule has 0 N–H and O–H groups in total. The Morgan fingerprint density at radius 1 is 0.923 bits per heavy atom. The Labute approximate surface area is 310 Å². The van der Waals surface area contributed by atoms with Crippen molar-refractivity contribution >= 4 is 41.0 Å². The molecule has 13 heteroatoms. The number of halogens is 1. The molecule has 0 spiro atoms. The van der Waals surface area contributed by atoms with Gasteiger partial charge in [-0.15, -0.1) is 0 Å². The van der Waals surface area contributed by atoms with Gasteiger partial charge >= 0.3 is 11.9 Å². The SMILES string of the molecule is CCOC(=O)C1=C(C)N=c2s/c(=C/c3cc(Cl)c(OCc4ccc(C(=O)OCC)cc4)c(OCC)c3)c(=O)n2[C@H]1c1ccc(OC(C)C)c(OC)c1. The van der Waals surface area contributed by atoms with Crippen LogP contribution in [-0.2, 0) is 20.9 Å². The molecule has 5 rings (SSSR count). The number of methoxy groups -OCH3 is 1. The average Bonchev–Trinajstić information content (AvgIpc) is 3.41. The van der Waals surface area contributed by atoms with Crippen LogP contribution < -0.4 is 33.8 Å². The van der Waals surface area contributed by atoms with Crippen molar-refractivity contribution in [1.29, 1.82) is 0 Å². The Kier molecular flexibility index (Phi) is 12.5. The van der Waals surface area contributed by atoms with Crippen molar-refractivity contribution in [3.63, 3.8) is 0 Å². The molecule has 3 aromatic carbocycles. The minimum absolute atomic E-state index is 0.0940. The topological polar surface area (TPSA) is 124 Å². The Balaban J connectivity index is 1.54. The summed E-state index contributed by atoms with van der Waals surface area (Å²) in [4.78, 5) is 44.7. The molecule has 4 aromatic rings. The second kappa shape index (κ2) is 17.0. The summed E-state index contributed by atoms with van der Waals surface area (Å²) in [6.45, 7) is 11.8. The Morgan fingerprint density at radius 3 is 2.29 bits per heavy atom. The van der Waals surface area contributed by atoms with E-state index in [1.165, 1.54) is 23.0 Å². The molecule has 0 radical (unpaired) electrons. The lowest BCUT2D eigenvalue weighted by molar-refractivity contribution is -0.139. The number of esters is 2. The van der Waals surface area contributed by atoms with E-state index < -0.39 is 18.0 Å². The van der Waals surface area contributed by atoms with Gasteiger partial charge in [0, 0.05) is 0 Å². The third-order valence-electron chi connectivity index (χ3n) is 7.86. The Morgan fingerprint density at radius 2 is 1.63 bits per heavy atom. The second-order valence-electron chi connectivity index (χ2n) is 11.8. The van der Waals surface area contributed by atoms with Gasteiger partial charge < -0.3 is 28.4 Å². The smallest absolute Gasteiger partial charge is 0.338 e. The minimum atomic E-state index is -0.843. The number of ether oxygens (including phenoxy) is 6. The number of nitrogens with zero attached hydrogens (tertiary/aromatic N) is 2. The standard InChI is InChI=1S/C39H41ClN2O9S/c1-8-47-31-18-25(17-28(40)35(31)50-21-24-11-13-26(14-12-24)37(44)48-9-2)19-32-36(43)42-34(27-15-16-29(51-22(4)5)30(20-27)46-7)33(38(45)49-10-3)23(6)41-39(42)52-32/h11-20,22,34H,8-10,21H2,1-7H3/b32-19+/t34-/m0/s1. The first-order valence-electron chi connectivity index (χ1n) is 16.9. The molecule has 2 heterocycles. The molecular formula is C39H41ClN2O9S. The number of benzene rings is 3. The zero-order chi connectivity index (χ0) is 37.5. The molecule has 0 saturated carbocycles. The number of rotatable bonds is 14. The zero-order valence-electron chi connectivity index (χ0n) is 30.1. The van der Waals surface area contributed by atoms with Gasteiger partial charge in [0.1, 0.15) is 6.61 Å². The molecule has 0 fully saturated rings. The van der Waals surface area contributed by atoms with Crippen LogP contribution in [0.25, 0.3) is 6.08 Å². The number of allylic oxidation sites excluding steroid dienone is 1. The number of carbonyl (C=O) groups excluding carboxylic acids is 2. The molecule has 0 bridgehead atoms. The van der Waals surface area contributed by atoms with E-state index >= 15 is 0 Å². The van der Waals surface area contributed by atoms with E-state index in [-0.39, 0.29) is 35.5 Å². The fourth-order valence-electron chi connectivity index (χ4n) is 5.65. The van der Waals surface area contributed by atoms with Gasteiger partial charge in [-0.3, -0.25) is 9.36 Å². The van der Waals surface area contributed by atoms with E-state index in [0.29, 0.717) is 67.9 Å². The van der Waals surface area contributed by atoms with Crippen molar-refractivity contribution < 1.29 is 38.0 Å². The molecular weight excluding hydrogens is 708 g/mol. The normalized spacial score (nSPS) is 14.1. The quantitative estimate of drug-likeness (QED) is 0.135. The van der Waals surface area contributed by atoms with Gasteiger partial charge in [0.2, 0.25) is 0 Å². The van der Waals surface area contributed by atoms with Gasteiger partial charge in [0.15, 0.2) is 27.8 Å². The number of thiazole rings is 1. The van der Waals surface area contributed by atoms with E-state index in [4.69, 9.17) is 40.0 Å². The molecule has 0 amide bonds. The molecule has 1 aromatic heterocycles. The predicted octanol–water partition coefficient (Wildman–Crippen LogP) is 6.40. The van der Waals surface area contributed by atoms with Crippen LogP contribution in [0.15, 0.2) is 75.7 Å². The Bertz CT molecular complexity index is 2170. The second-order valence-corrected chi connectivity index (χ2v) is 13.3. The predicted molar refractivity (Wildman–Crippen MR) is 199 cm³/mol. The first-order chi connectivity index (χ1) is 25.0. The summed E-state index contributed by atoms with van der Waals surface area (Å²) in [5, 5.41) is 0.280. The van der Waals surface area contributed by atoms with Crippen LogP contribution in [-0.4, -0.2) is 49.5 Å². The first-order valence-corrected chi connectivity index (χ1v) is 18.1. The molecule has 0 aliphatic carbocycles. The summed E-state index contributed by atoms with van der Waals surface area (Å²) in [7, 11) is 1.54. The highest BCUT2D eigenvalue weighted by Gasteiger charge is 2.34. The van der Waals surface area contributed by atoms with Gasteiger partial charge in [-0.25, -0.2) is 14.6 Å². The lowest BCUT2D eigenvalue weighted by atomic mass is 9.95. The molecule has 0 saturated heterocycles. The van der Waals surface area contributed by atoms with E-state index in [1.54, 1.807) is 75.4 Å². The number of fused-ring (bicyclic) bond motifs is 1. The molecule has 1 aliphatic heterocycles. The van der Waals surface area contributed by atoms with E-state index in [0.717, 1.165) is 5.56 Å². The van der Waals surface area contributed by atoms with Crippen LogP contribution in [0.3, 0.4) is 0 Å². The van der Waals surface area contributed by atoms with E-state index in [1.807, 2.05) is 26.8 Å². The van der Waals surface area contributed by atoms with Crippen LogP contribution in [0.4, 0.5) is 0 Å². The van der Waals surface area contributed by atoms with Gasteiger partial charge in [0.05, 0.1) is 65.5 Å². The lowest BCUT2D eigenvalue weighted by Gasteiger charge is -2.25. The maximum Gasteiger partial charge on any atom is 0.338 e. The third-order valence-corrected chi connectivity index (χ3v) is 9.12. The average molecular weight is 749 g/mol. The number of carbonyl (C=O) groups is 2. The molecule has 1 atom stereocenters. The van der Waals surface area contributed by atoms with Gasteiger partial charge in [-0.1, -0.05) is 41.1 Å². The van der Waals surface area contributed by atoms with Crippen LogP contribution in [0.5, 0.6) is 23.0 Å². The fraction of sp³-hybridized carbons (Fsp3) is 0.333. The van der Waals surface area contributed by atoms with Crippen molar-refractivity contribution in [2.75, 3.05) is 26.9 Å². The van der Waals surface area contributed by atoms with Crippen molar-refractivity contribution in [3.05, 3.63) is 113 Å². The third kappa shape index (κ3) is 8.35. The highest BCUT2D eigenvalue weighted by atomic mass is 35.5. The van der Waals surface area contributed by atoms with Crippen LogP contribution in [0.2, 0.25) is 5.02 Å². The first kappa shape index (κ1) is 38.2. The minimum Gasteiger partial charge on any atom is -0.493 e. The Hall–Kier alpha value is -5.07. The van der Waals surface area contributed by atoms with Gasteiger partial charge in [0.25, 0.3) is 5.56 Å². The summed E-state index contributed by atoms with van der Waals surface area (Å²) in [5.74, 6) is 0.768. The number of hydrogen-bond donors (Lipinski definition) is 0.